The molecule has 1 N–H and O–H groups in total. The highest BCUT2D eigenvalue weighted by Crippen LogP contribution is 2.20. The van der Waals surface area contributed by atoms with Crippen molar-refractivity contribution in [2.45, 2.75) is 45.3 Å². The molecule has 152 valence electrons. The Labute approximate surface area is 175 Å². The third-order valence-electron chi connectivity index (χ3n) is 4.71. The summed E-state index contributed by atoms with van der Waals surface area (Å²) < 4.78 is 1.71. The van der Waals surface area contributed by atoms with Crippen molar-refractivity contribution in [3.63, 3.8) is 0 Å². The van der Waals surface area contributed by atoms with Gasteiger partial charge in [0.1, 0.15) is 0 Å². The van der Waals surface area contributed by atoms with E-state index >= 15 is 0 Å². The number of fused-ring (bicyclic) bond motifs is 1. The van der Waals surface area contributed by atoms with E-state index in [0.717, 1.165) is 18.5 Å². The molecule has 0 aliphatic heterocycles. The third kappa shape index (κ3) is 5.48. The van der Waals surface area contributed by atoms with E-state index in [1.165, 1.54) is 17.3 Å². The summed E-state index contributed by atoms with van der Waals surface area (Å²) in [6.07, 6.45) is 1.80. The largest absolute Gasteiger partial charge is 0.325 e. The van der Waals surface area contributed by atoms with Crippen molar-refractivity contribution in [2.75, 3.05) is 11.1 Å². The lowest BCUT2D eigenvalue weighted by atomic mass is 10.1. The molecule has 29 heavy (non-hydrogen) atoms. The number of amides is 1. The van der Waals surface area contributed by atoms with Gasteiger partial charge in [0.05, 0.1) is 16.7 Å². The minimum atomic E-state index is -0.110. The molecule has 0 fully saturated rings. The number of anilines is 1. The number of nitrogens with one attached hydrogen (secondary N) is 1. The number of aryl methyl sites for hydroxylation is 1. The fourth-order valence-corrected chi connectivity index (χ4v) is 3.86. The van der Waals surface area contributed by atoms with Gasteiger partial charge in [-0.25, -0.2) is 4.98 Å². The van der Waals surface area contributed by atoms with Gasteiger partial charge in [-0.3, -0.25) is 14.2 Å². The highest BCUT2D eigenvalue weighted by atomic mass is 32.2. The summed E-state index contributed by atoms with van der Waals surface area (Å²) in [6, 6.07) is 15.2. The quantitative estimate of drug-likeness (QED) is 0.431. The Balaban J connectivity index is 1.79. The number of hydrogen-bond donors (Lipinski definition) is 1. The second-order valence-corrected chi connectivity index (χ2v) is 8.38. The van der Waals surface area contributed by atoms with Crippen LogP contribution in [0.15, 0.2) is 58.5 Å². The number of benzene rings is 2. The fraction of sp³-hybridized carbons (Fsp3) is 0.348. The Kier molecular flexibility index (Phi) is 7.09. The number of carbonyl (C=O) groups is 1. The number of carbonyl (C=O) groups excluding carboxylic acids is 1. The van der Waals surface area contributed by atoms with E-state index in [1.54, 1.807) is 10.6 Å². The van der Waals surface area contributed by atoms with Crippen LogP contribution in [-0.4, -0.2) is 21.2 Å². The normalized spacial score (nSPS) is 11.2. The predicted octanol–water partition coefficient (Wildman–Crippen LogP) is 4.74. The predicted molar refractivity (Wildman–Crippen MR) is 121 cm³/mol. The first-order valence-corrected chi connectivity index (χ1v) is 11.0. The van der Waals surface area contributed by atoms with Gasteiger partial charge < -0.3 is 5.32 Å². The zero-order valence-corrected chi connectivity index (χ0v) is 18.0. The van der Waals surface area contributed by atoms with Crippen LogP contribution in [0, 0.1) is 5.92 Å². The lowest BCUT2D eigenvalue weighted by molar-refractivity contribution is -0.113. The van der Waals surface area contributed by atoms with E-state index in [-0.39, 0.29) is 17.2 Å². The van der Waals surface area contributed by atoms with Crippen molar-refractivity contribution in [2.24, 2.45) is 5.92 Å². The average molecular weight is 410 g/mol. The van der Waals surface area contributed by atoms with Gasteiger partial charge in [-0.05, 0) is 48.6 Å². The fourth-order valence-electron chi connectivity index (χ4n) is 3.04. The van der Waals surface area contributed by atoms with Crippen molar-refractivity contribution in [3.05, 3.63) is 64.4 Å². The zero-order valence-electron chi connectivity index (χ0n) is 17.1. The second kappa shape index (κ2) is 9.74. The monoisotopic (exact) mass is 409 g/mol. The number of rotatable bonds is 8. The van der Waals surface area contributed by atoms with Crippen LogP contribution in [0.3, 0.4) is 0 Å². The highest BCUT2D eigenvalue weighted by Gasteiger charge is 2.14. The Bertz CT molecular complexity index is 1060. The molecular weight excluding hydrogens is 382 g/mol. The molecule has 6 heteroatoms. The molecule has 2 aromatic carbocycles. The zero-order chi connectivity index (χ0) is 20.8. The van der Waals surface area contributed by atoms with E-state index in [1.807, 2.05) is 42.5 Å². The number of aromatic nitrogens is 2. The molecule has 1 amide bonds. The molecule has 0 atom stereocenters. The van der Waals surface area contributed by atoms with Gasteiger partial charge in [0.25, 0.3) is 5.56 Å². The van der Waals surface area contributed by atoms with Crippen LogP contribution in [-0.2, 0) is 17.8 Å². The number of nitrogens with zero attached hydrogens (tertiary/aromatic N) is 2. The van der Waals surface area contributed by atoms with E-state index in [4.69, 9.17) is 0 Å². The number of para-hydroxylation sites is 1. The minimum Gasteiger partial charge on any atom is -0.325 e. The third-order valence-corrected chi connectivity index (χ3v) is 5.68. The maximum atomic E-state index is 13.0. The Morgan fingerprint density at radius 2 is 1.97 bits per heavy atom. The van der Waals surface area contributed by atoms with Gasteiger partial charge >= 0.3 is 0 Å². The van der Waals surface area contributed by atoms with Gasteiger partial charge in [-0.1, -0.05) is 56.8 Å². The van der Waals surface area contributed by atoms with Crippen LogP contribution < -0.4 is 10.9 Å². The van der Waals surface area contributed by atoms with Crippen LogP contribution in [0.1, 0.15) is 32.8 Å². The molecule has 3 rings (SSSR count). The average Bonchev–Trinajstić information content (AvgIpc) is 2.71. The molecule has 5 nitrogen and oxygen atoms in total. The molecule has 1 heterocycles. The van der Waals surface area contributed by atoms with Gasteiger partial charge in [-0.2, -0.15) is 0 Å². The lowest BCUT2D eigenvalue weighted by Gasteiger charge is -2.14. The first kappa shape index (κ1) is 21.1. The molecule has 0 radical (unpaired) electrons. The van der Waals surface area contributed by atoms with Crippen LogP contribution in [0.2, 0.25) is 0 Å². The highest BCUT2D eigenvalue weighted by molar-refractivity contribution is 7.99. The van der Waals surface area contributed by atoms with Crippen molar-refractivity contribution >= 4 is 34.3 Å². The van der Waals surface area contributed by atoms with Gasteiger partial charge in [0.2, 0.25) is 5.91 Å². The summed E-state index contributed by atoms with van der Waals surface area (Å²) in [7, 11) is 0. The first-order valence-electron chi connectivity index (χ1n) is 9.99. The summed E-state index contributed by atoms with van der Waals surface area (Å²) in [5.41, 5.74) is 2.58. The van der Waals surface area contributed by atoms with Crippen molar-refractivity contribution in [1.29, 1.82) is 0 Å². The van der Waals surface area contributed by atoms with Crippen LogP contribution in [0.4, 0.5) is 5.69 Å². The van der Waals surface area contributed by atoms with E-state index in [2.05, 4.69) is 31.1 Å². The van der Waals surface area contributed by atoms with Gasteiger partial charge in [-0.15, -0.1) is 0 Å². The van der Waals surface area contributed by atoms with Gasteiger partial charge in [0, 0.05) is 12.2 Å². The Hall–Kier alpha value is -2.60. The van der Waals surface area contributed by atoms with Crippen LogP contribution in [0.25, 0.3) is 10.9 Å². The van der Waals surface area contributed by atoms with Crippen molar-refractivity contribution in [1.82, 2.24) is 9.55 Å². The van der Waals surface area contributed by atoms with Crippen molar-refractivity contribution < 1.29 is 4.79 Å². The maximum absolute atomic E-state index is 13.0. The van der Waals surface area contributed by atoms with E-state index in [0.29, 0.717) is 28.5 Å². The molecule has 1 aromatic heterocycles. The molecule has 0 spiro atoms. The van der Waals surface area contributed by atoms with Crippen LogP contribution in [0.5, 0.6) is 0 Å². The molecule has 3 aromatic rings. The second-order valence-electron chi connectivity index (χ2n) is 7.44. The summed E-state index contributed by atoms with van der Waals surface area (Å²) in [4.78, 5) is 30.1. The van der Waals surface area contributed by atoms with Crippen molar-refractivity contribution in [3.8, 4) is 0 Å². The standard InChI is InChI=1S/C23H27N3O2S/c1-4-17-8-7-9-18(14-17)24-21(27)15-29-23-25-20-11-6-5-10-19(20)22(28)26(23)13-12-16(2)3/h5-11,14,16H,4,12-13,15H2,1-3H3,(H,24,27). The molecule has 0 unspecified atom stereocenters. The summed E-state index contributed by atoms with van der Waals surface area (Å²) in [6.45, 7) is 6.93. The number of hydrogen-bond acceptors (Lipinski definition) is 4. The first-order chi connectivity index (χ1) is 14.0. The van der Waals surface area contributed by atoms with E-state index < -0.39 is 0 Å². The molecular formula is C23H27N3O2S. The minimum absolute atomic E-state index is 0.0465. The topological polar surface area (TPSA) is 64.0 Å². The van der Waals surface area contributed by atoms with Gasteiger partial charge in [0.15, 0.2) is 5.16 Å². The molecule has 0 saturated heterocycles. The smallest absolute Gasteiger partial charge is 0.262 e. The SMILES string of the molecule is CCc1cccc(NC(=O)CSc2nc3ccccc3c(=O)n2CCC(C)C)c1. The maximum Gasteiger partial charge on any atom is 0.262 e. The molecule has 0 bridgehead atoms. The number of thioether (sulfide) groups is 1. The summed E-state index contributed by atoms with van der Waals surface area (Å²) in [5.74, 6) is 0.560. The molecule has 0 aliphatic carbocycles. The van der Waals surface area contributed by atoms with Crippen LogP contribution >= 0.6 is 11.8 Å². The Morgan fingerprint density at radius 3 is 2.72 bits per heavy atom. The molecule has 0 aliphatic rings. The van der Waals surface area contributed by atoms with E-state index in [9.17, 15) is 9.59 Å². The molecule has 0 saturated carbocycles. The summed E-state index contributed by atoms with van der Waals surface area (Å²) in [5, 5.41) is 4.14. The Morgan fingerprint density at radius 1 is 1.17 bits per heavy atom. The lowest BCUT2D eigenvalue weighted by Crippen LogP contribution is -2.25. The summed E-state index contributed by atoms with van der Waals surface area (Å²) >= 11 is 1.30.